The molecular formula is C10H9ClN4O. The van der Waals surface area contributed by atoms with Crippen molar-refractivity contribution in [3.63, 3.8) is 0 Å². The molecule has 16 heavy (non-hydrogen) atoms. The molecule has 0 atom stereocenters. The van der Waals surface area contributed by atoms with Crippen molar-refractivity contribution in [3.8, 4) is 0 Å². The van der Waals surface area contributed by atoms with Crippen LogP contribution < -0.4 is 5.32 Å². The first-order valence-electron chi connectivity index (χ1n) is 5.03. The van der Waals surface area contributed by atoms with Crippen molar-refractivity contribution in [3.05, 3.63) is 23.2 Å². The van der Waals surface area contributed by atoms with Crippen molar-refractivity contribution in [2.75, 3.05) is 5.32 Å². The summed E-state index contributed by atoms with van der Waals surface area (Å²) < 4.78 is 1.65. The van der Waals surface area contributed by atoms with Gasteiger partial charge in [0.05, 0.1) is 6.20 Å². The first-order chi connectivity index (χ1) is 7.78. The molecule has 1 aliphatic rings. The van der Waals surface area contributed by atoms with Gasteiger partial charge in [0, 0.05) is 12.2 Å². The van der Waals surface area contributed by atoms with Gasteiger partial charge in [0.15, 0.2) is 17.8 Å². The lowest BCUT2D eigenvalue weighted by atomic mass is 10.5. The maximum atomic E-state index is 10.8. The number of rotatable bonds is 3. The van der Waals surface area contributed by atoms with Crippen LogP contribution in [0.3, 0.4) is 0 Å². The van der Waals surface area contributed by atoms with Gasteiger partial charge in [-0.05, 0) is 12.8 Å². The summed E-state index contributed by atoms with van der Waals surface area (Å²) in [6.07, 6.45) is 6.13. The molecule has 1 aliphatic carbocycles. The number of anilines is 1. The van der Waals surface area contributed by atoms with Gasteiger partial charge in [-0.15, -0.1) is 0 Å². The number of hydrogen-bond donors (Lipinski definition) is 1. The maximum absolute atomic E-state index is 10.8. The van der Waals surface area contributed by atoms with Gasteiger partial charge in [-0.2, -0.15) is 0 Å². The van der Waals surface area contributed by atoms with Crippen LogP contribution in [-0.4, -0.2) is 26.7 Å². The van der Waals surface area contributed by atoms with Crippen LogP contribution in [0.15, 0.2) is 12.4 Å². The molecule has 1 fully saturated rings. The first-order valence-corrected chi connectivity index (χ1v) is 5.41. The number of carbonyl (C=O) groups is 1. The van der Waals surface area contributed by atoms with Gasteiger partial charge >= 0.3 is 0 Å². The largest absolute Gasteiger partial charge is 0.364 e. The van der Waals surface area contributed by atoms with Gasteiger partial charge in [0.2, 0.25) is 0 Å². The molecule has 3 rings (SSSR count). The van der Waals surface area contributed by atoms with Crippen molar-refractivity contribution in [1.82, 2.24) is 14.4 Å². The fraction of sp³-hybridized carbons (Fsp3) is 0.300. The van der Waals surface area contributed by atoms with E-state index < -0.39 is 0 Å². The average Bonchev–Trinajstić information content (AvgIpc) is 2.96. The van der Waals surface area contributed by atoms with Crippen LogP contribution in [-0.2, 0) is 0 Å². The van der Waals surface area contributed by atoms with Crippen molar-refractivity contribution < 1.29 is 4.79 Å². The number of nitrogens with zero attached hydrogens (tertiary/aromatic N) is 3. The van der Waals surface area contributed by atoms with E-state index in [4.69, 9.17) is 11.6 Å². The van der Waals surface area contributed by atoms with Gasteiger partial charge in [0.25, 0.3) is 0 Å². The van der Waals surface area contributed by atoms with Gasteiger partial charge in [-0.25, -0.2) is 9.97 Å². The Morgan fingerprint density at radius 1 is 1.56 bits per heavy atom. The molecule has 6 heteroatoms. The molecule has 1 saturated carbocycles. The summed E-state index contributed by atoms with van der Waals surface area (Å²) in [5, 5.41) is 3.59. The highest BCUT2D eigenvalue weighted by molar-refractivity contribution is 6.29. The van der Waals surface area contributed by atoms with E-state index in [1.807, 2.05) is 0 Å². The predicted molar refractivity (Wildman–Crippen MR) is 60.0 cm³/mol. The standard InChI is InChI=1S/C10H9ClN4O/c11-8-4-15-7(5-16)3-12-10(15)9(14-8)13-6-1-2-6/h3-6H,1-2H2,(H,13,14). The normalized spacial score (nSPS) is 15.3. The molecule has 0 spiro atoms. The number of aromatic nitrogens is 3. The zero-order valence-electron chi connectivity index (χ0n) is 8.35. The quantitative estimate of drug-likeness (QED) is 0.826. The Bertz CT molecular complexity index is 561. The SMILES string of the molecule is O=Cc1cnc2c(NC3CC3)nc(Cl)cn12. The van der Waals surface area contributed by atoms with Gasteiger partial charge in [-0.3, -0.25) is 9.20 Å². The number of fused-ring (bicyclic) bond motifs is 1. The van der Waals surface area contributed by atoms with Crippen molar-refractivity contribution in [1.29, 1.82) is 0 Å². The molecule has 82 valence electrons. The molecule has 0 amide bonds. The summed E-state index contributed by atoms with van der Waals surface area (Å²) in [7, 11) is 0. The van der Waals surface area contributed by atoms with Crippen LogP contribution in [0.2, 0.25) is 5.15 Å². The number of carbonyl (C=O) groups excluding carboxylic acids is 1. The van der Waals surface area contributed by atoms with E-state index >= 15 is 0 Å². The molecule has 0 radical (unpaired) electrons. The van der Waals surface area contributed by atoms with Crippen LogP contribution in [0.4, 0.5) is 5.82 Å². The topological polar surface area (TPSA) is 59.3 Å². The predicted octanol–water partition coefficient (Wildman–Crippen LogP) is 1.77. The molecule has 0 aromatic carbocycles. The summed E-state index contributed by atoms with van der Waals surface area (Å²) in [6, 6.07) is 0.464. The van der Waals surface area contributed by atoms with Crippen LogP contribution in [0, 0.1) is 0 Å². The minimum Gasteiger partial charge on any atom is -0.364 e. The molecule has 0 saturated heterocycles. The summed E-state index contributed by atoms with van der Waals surface area (Å²) >= 11 is 5.90. The van der Waals surface area contributed by atoms with Crippen LogP contribution in [0.5, 0.6) is 0 Å². The Morgan fingerprint density at radius 2 is 2.38 bits per heavy atom. The minimum atomic E-state index is 0.344. The lowest BCUT2D eigenvalue weighted by Gasteiger charge is -2.06. The Kier molecular flexibility index (Phi) is 2.07. The third kappa shape index (κ3) is 1.53. The second-order valence-corrected chi connectivity index (χ2v) is 4.21. The second-order valence-electron chi connectivity index (χ2n) is 3.83. The van der Waals surface area contributed by atoms with Gasteiger partial charge in [-0.1, -0.05) is 11.6 Å². The van der Waals surface area contributed by atoms with Crippen LogP contribution in [0.25, 0.3) is 5.65 Å². The number of halogens is 1. The second kappa shape index (κ2) is 3.45. The number of nitrogens with one attached hydrogen (secondary N) is 1. The third-order valence-electron chi connectivity index (χ3n) is 2.53. The number of aldehydes is 1. The van der Waals surface area contributed by atoms with Gasteiger partial charge in [0.1, 0.15) is 10.8 Å². The highest BCUT2D eigenvalue weighted by atomic mass is 35.5. The molecule has 0 aliphatic heterocycles. The van der Waals surface area contributed by atoms with E-state index in [0.29, 0.717) is 28.4 Å². The summed E-state index contributed by atoms with van der Waals surface area (Å²) in [5.41, 5.74) is 1.11. The Labute approximate surface area is 96.5 Å². The highest BCUT2D eigenvalue weighted by Crippen LogP contribution is 2.26. The van der Waals surface area contributed by atoms with Crippen LogP contribution in [0.1, 0.15) is 23.3 Å². The summed E-state index contributed by atoms with van der Waals surface area (Å²) in [4.78, 5) is 19.1. The van der Waals surface area contributed by atoms with Crippen molar-refractivity contribution in [2.24, 2.45) is 0 Å². The molecule has 5 nitrogen and oxygen atoms in total. The smallest absolute Gasteiger partial charge is 0.180 e. The van der Waals surface area contributed by atoms with E-state index in [0.717, 1.165) is 19.1 Å². The molecular weight excluding hydrogens is 228 g/mol. The Hall–Kier alpha value is -1.62. The summed E-state index contributed by atoms with van der Waals surface area (Å²) in [5.74, 6) is 0.642. The Balaban J connectivity index is 2.17. The molecule has 2 aromatic rings. The minimum absolute atomic E-state index is 0.344. The average molecular weight is 237 g/mol. The molecule has 2 aromatic heterocycles. The maximum Gasteiger partial charge on any atom is 0.180 e. The molecule has 2 heterocycles. The van der Waals surface area contributed by atoms with Crippen LogP contribution >= 0.6 is 11.6 Å². The molecule has 0 unspecified atom stereocenters. The highest BCUT2D eigenvalue weighted by Gasteiger charge is 2.23. The fourth-order valence-electron chi connectivity index (χ4n) is 1.58. The molecule has 0 bridgehead atoms. The lowest BCUT2D eigenvalue weighted by Crippen LogP contribution is -2.06. The monoisotopic (exact) mass is 236 g/mol. The van der Waals surface area contributed by atoms with Crippen molar-refractivity contribution >= 4 is 29.4 Å². The van der Waals surface area contributed by atoms with E-state index in [9.17, 15) is 4.79 Å². The fourth-order valence-corrected chi connectivity index (χ4v) is 1.76. The van der Waals surface area contributed by atoms with E-state index in [1.54, 1.807) is 10.6 Å². The third-order valence-corrected chi connectivity index (χ3v) is 2.71. The zero-order valence-corrected chi connectivity index (χ0v) is 9.11. The number of hydrogen-bond acceptors (Lipinski definition) is 4. The van der Waals surface area contributed by atoms with Gasteiger partial charge < -0.3 is 5.32 Å². The van der Waals surface area contributed by atoms with E-state index in [1.165, 1.54) is 6.20 Å². The lowest BCUT2D eigenvalue weighted by molar-refractivity contribution is 0.111. The number of imidazole rings is 1. The first kappa shape index (κ1) is 9.59. The zero-order chi connectivity index (χ0) is 11.1. The van der Waals surface area contributed by atoms with Crippen molar-refractivity contribution in [2.45, 2.75) is 18.9 Å². The van der Waals surface area contributed by atoms with E-state index in [-0.39, 0.29) is 0 Å². The Morgan fingerprint density at radius 3 is 3.06 bits per heavy atom. The summed E-state index contributed by atoms with van der Waals surface area (Å²) in [6.45, 7) is 0. The van der Waals surface area contributed by atoms with E-state index in [2.05, 4.69) is 15.3 Å². The molecule has 1 N–H and O–H groups in total.